The van der Waals surface area contributed by atoms with Crippen LogP contribution in [0.3, 0.4) is 0 Å². The molecule has 0 fully saturated rings. The van der Waals surface area contributed by atoms with Gasteiger partial charge in [-0.05, 0) is 36.1 Å². The van der Waals surface area contributed by atoms with Gasteiger partial charge in [0.05, 0.1) is 24.9 Å². The van der Waals surface area contributed by atoms with Gasteiger partial charge in [-0.3, -0.25) is 14.2 Å². The molecule has 1 N–H and O–H groups in total. The fourth-order valence-electron chi connectivity index (χ4n) is 3.21. The van der Waals surface area contributed by atoms with Gasteiger partial charge in [0.15, 0.2) is 5.16 Å². The minimum absolute atomic E-state index is 0.118. The lowest BCUT2D eigenvalue weighted by molar-refractivity contribution is -0.113. The number of thiophene rings is 1. The molecule has 0 saturated heterocycles. The molecule has 6 nitrogen and oxygen atoms in total. The van der Waals surface area contributed by atoms with E-state index < -0.39 is 0 Å². The molecular weight excluding hydrogens is 430 g/mol. The normalized spacial score (nSPS) is 10.9. The van der Waals surface area contributed by atoms with Crippen molar-refractivity contribution in [2.75, 3.05) is 18.2 Å². The first-order valence-corrected chi connectivity index (χ1v) is 11.5. The first kappa shape index (κ1) is 21.1. The highest BCUT2D eigenvalue weighted by Gasteiger charge is 2.16. The molecule has 0 radical (unpaired) electrons. The Balaban J connectivity index is 1.62. The Kier molecular flexibility index (Phi) is 6.39. The Bertz CT molecular complexity index is 1300. The van der Waals surface area contributed by atoms with E-state index in [0.29, 0.717) is 27.7 Å². The third-order valence-electron chi connectivity index (χ3n) is 4.80. The molecule has 0 unspecified atom stereocenters. The van der Waals surface area contributed by atoms with E-state index in [9.17, 15) is 9.59 Å². The molecule has 2 heterocycles. The van der Waals surface area contributed by atoms with Crippen molar-refractivity contribution >= 4 is 44.9 Å². The highest BCUT2D eigenvalue weighted by atomic mass is 32.2. The summed E-state index contributed by atoms with van der Waals surface area (Å²) in [6.45, 7) is 2.26. The zero-order valence-electron chi connectivity index (χ0n) is 17.1. The van der Waals surface area contributed by atoms with Crippen molar-refractivity contribution in [3.63, 3.8) is 0 Å². The van der Waals surface area contributed by atoms with Gasteiger partial charge in [0.25, 0.3) is 5.56 Å². The number of thioether (sulfide) groups is 1. The van der Waals surface area contributed by atoms with Gasteiger partial charge < -0.3 is 10.1 Å². The van der Waals surface area contributed by atoms with Crippen LogP contribution in [0.5, 0.6) is 5.75 Å². The first-order chi connectivity index (χ1) is 15.1. The van der Waals surface area contributed by atoms with E-state index in [0.717, 1.165) is 16.8 Å². The maximum atomic E-state index is 13.2. The number of hydrogen-bond acceptors (Lipinski definition) is 6. The summed E-state index contributed by atoms with van der Waals surface area (Å²) >= 11 is 2.62. The fourth-order valence-corrected chi connectivity index (χ4v) is 4.78. The Morgan fingerprint density at radius 2 is 1.94 bits per heavy atom. The van der Waals surface area contributed by atoms with E-state index in [4.69, 9.17) is 4.74 Å². The molecule has 0 atom stereocenters. The molecule has 0 aliphatic carbocycles. The number of benzene rings is 2. The lowest BCUT2D eigenvalue weighted by atomic mass is 10.2. The minimum Gasteiger partial charge on any atom is -0.496 e. The number of anilines is 1. The number of aryl methyl sites for hydroxylation is 1. The highest BCUT2D eigenvalue weighted by molar-refractivity contribution is 7.99. The zero-order valence-corrected chi connectivity index (χ0v) is 18.8. The molecule has 2 aromatic carbocycles. The van der Waals surface area contributed by atoms with Crippen LogP contribution < -0.4 is 15.6 Å². The number of fused-ring (bicyclic) bond motifs is 1. The molecule has 4 rings (SSSR count). The number of aromatic nitrogens is 2. The number of hydrogen-bond donors (Lipinski definition) is 1. The summed E-state index contributed by atoms with van der Waals surface area (Å²) in [4.78, 5) is 30.4. The molecule has 0 saturated carbocycles. The lowest BCUT2D eigenvalue weighted by Crippen LogP contribution is -2.24. The van der Waals surface area contributed by atoms with Gasteiger partial charge in [0.2, 0.25) is 5.91 Å². The van der Waals surface area contributed by atoms with Gasteiger partial charge >= 0.3 is 0 Å². The molecule has 0 aliphatic heterocycles. The van der Waals surface area contributed by atoms with Crippen LogP contribution >= 0.6 is 23.1 Å². The molecule has 0 bridgehead atoms. The van der Waals surface area contributed by atoms with E-state index in [-0.39, 0.29) is 17.2 Å². The number of carbonyl (C=O) groups excluding carboxylic acids is 1. The highest BCUT2D eigenvalue weighted by Crippen LogP contribution is 2.24. The maximum absolute atomic E-state index is 13.2. The summed E-state index contributed by atoms with van der Waals surface area (Å²) in [6.07, 6.45) is 0. The van der Waals surface area contributed by atoms with E-state index in [1.807, 2.05) is 66.9 Å². The van der Waals surface area contributed by atoms with Crippen LogP contribution in [0.15, 0.2) is 69.9 Å². The zero-order chi connectivity index (χ0) is 21.8. The van der Waals surface area contributed by atoms with Gasteiger partial charge in [0.1, 0.15) is 10.4 Å². The molecule has 0 aliphatic rings. The van der Waals surface area contributed by atoms with Crippen molar-refractivity contribution in [3.05, 3.63) is 81.5 Å². The predicted molar refractivity (Wildman–Crippen MR) is 127 cm³/mol. The Hall–Kier alpha value is -3.10. The number of para-hydroxylation sites is 2. The second-order valence-corrected chi connectivity index (χ2v) is 8.74. The van der Waals surface area contributed by atoms with E-state index >= 15 is 0 Å². The molecule has 4 aromatic rings. The van der Waals surface area contributed by atoms with Crippen molar-refractivity contribution in [1.82, 2.24) is 9.55 Å². The van der Waals surface area contributed by atoms with Gasteiger partial charge in [-0.15, -0.1) is 11.3 Å². The van der Waals surface area contributed by atoms with Gasteiger partial charge in [-0.25, -0.2) is 4.98 Å². The Labute approximate surface area is 187 Å². The monoisotopic (exact) mass is 451 g/mol. The number of nitrogens with zero attached hydrogens (tertiary/aromatic N) is 2. The van der Waals surface area contributed by atoms with Crippen molar-refractivity contribution < 1.29 is 9.53 Å². The van der Waals surface area contributed by atoms with Crippen molar-refractivity contribution in [2.45, 2.75) is 18.6 Å². The molecule has 0 spiro atoms. The second kappa shape index (κ2) is 9.36. The number of ether oxygens (including phenoxy) is 1. The topological polar surface area (TPSA) is 73.2 Å². The van der Waals surface area contributed by atoms with Crippen LogP contribution in [0.2, 0.25) is 0 Å². The molecule has 8 heteroatoms. The molecular formula is C23H21N3O3S2. The summed E-state index contributed by atoms with van der Waals surface area (Å²) in [6, 6.07) is 17.0. The predicted octanol–water partition coefficient (Wildman–Crippen LogP) is 4.55. The van der Waals surface area contributed by atoms with E-state index in [1.54, 1.807) is 11.7 Å². The van der Waals surface area contributed by atoms with Crippen molar-refractivity contribution in [2.24, 2.45) is 0 Å². The van der Waals surface area contributed by atoms with Crippen LogP contribution in [0, 0.1) is 6.92 Å². The maximum Gasteiger partial charge on any atom is 0.272 e. The van der Waals surface area contributed by atoms with Crippen LogP contribution in [0.25, 0.3) is 10.2 Å². The van der Waals surface area contributed by atoms with Crippen molar-refractivity contribution in [3.8, 4) is 5.75 Å². The third-order valence-corrected chi connectivity index (χ3v) is 6.67. The first-order valence-electron chi connectivity index (χ1n) is 9.65. The van der Waals surface area contributed by atoms with Crippen LogP contribution in [-0.2, 0) is 11.3 Å². The Morgan fingerprint density at radius 3 is 2.74 bits per heavy atom. The summed E-state index contributed by atoms with van der Waals surface area (Å²) in [5.41, 5.74) is 3.17. The number of nitrogens with one attached hydrogen (secondary N) is 1. The minimum atomic E-state index is -0.150. The largest absolute Gasteiger partial charge is 0.496 e. The van der Waals surface area contributed by atoms with Crippen LogP contribution in [0.1, 0.15) is 11.1 Å². The number of methoxy groups -OCH3 is 1. The summed E-state index contributed by atoms with van der Waals surface area (Å²) < 4.78 is 7.66. The van der Waals surface area contributed by atoms with Crippen LogP contribution in [-0.4, -0.2) is 28.3 Å². The van der Waals surface area contributed by atoms with E-state index in [2.05, 4.69) is 10.3 Å². The quantitative estimate of drug-likeness (QED) is 0.330. The third kappa shape index (κ3) is 4.65. The summed E-state index contributed by atoms with van der Waals surface area (Å²) in [7, 11) is 1.61. The SMILES string of the molecule is COc1ccccc1Cn1c(SCC(=O)Nc2ccccc2C)nc2ccsc2c1=O. The standard InChI is InChI=1S/C23H21N3O3S2/c1-15-7-3-5-9-17(15)24-20(27)14-31-23-25-18-11-12-30-21(18)22(28)26(23)13-16-8-4-6-10-19(16)29-2/h3-12H,13-14H2,1-2H3,(H,24,27). The average molecular weight is 452 g/mol. The Morgan fingerprint density at radius 1 is 1.16 bits per heavy atom. The molecule has 158 valence electrons. The average Bonchev–Trinajstić information content (AvgIpc) is 3.25. The van der Waals surface area contributed by atoms with E-state index in [1.165, 1.54) is 23.1 Å². The van der Waals surface area contributed by atoms with Crippen molar-refractivity contribution in [1.29, 1.82) is 0 Å². The summed E-state index contributed by atoms with van der Waals surface area (Å²) in [5, 5.41) is 5.28. The smallest absolute Gasteiger partial charge is 0.272 e. The number of carbonyl (C=O) groups is 1. The number of amides is 1. The van der Waals surface area contributed by atoms with Crippen LogP contribution in [0.4, 0.5) is 5.69 Å². The lowest BCUT2D eigenvalue weighted by Gasteiger charge is -2.14. The number of rotatable bonds is 7. The molecule has 1 amide bonds. The summed E-state index contributed by atoms with van der Waals surface area (Å²) in [5.74, 6) is 0.694. The fraction of sp³-hybridized carbons (Fsp3) is 0.174. The molecule has 2 aromatic heterocycles. The second-order valence-electron chi connectivity index (χ2n) is 6.88. The van der Waals surface area contributed by atoms with Gasteiger partial charge in [-0.1, -0.05) is 48.2 Å². The molecule has 31 heavy (non-hydrogen) atoms. The van der Waals surface area contributed by atoms with Gasteiger partial charge in [-0.2, -0.15) is 0 Å². The van der Waals surface area contributed by atoms with Gasteiger partial charge in [0, 0.05) is 11.3 Å².